The molecular weight excluding hydrogens is 636 g/mol. The van der Waals surface area contributed by atoms with E-state index >= 15 is 0 Å². The lowest BCUT2D eigenvalue weighted by molar-refractivity contribution is -0.146. The third-order valence-corrected chi connectivity index (χ3v) is 9.02. The second kappa shape index (κ2) is 25.1. The third kappa shape index (κ3) is 17.2. The Morgan fingerprint density at radius 1 is 0.588 bits per heavy atom. The molecule has 3 aromatic rings. The van der Waals surface area contributed by atoms with Crippen LogP contribution in [-0.4, -0.2) is 31.3 Å². The van der Waals surface area contributed by atoms with Crippen molar-refractivity contribution < 1.29 is 28.5 Å². The minimum atomic E-state index is -0.603. The van der Waals surface area contributed by atoms with Crippen LogP contribution < -0.4 is 14.2 Å². The Hall–Kier alpha value is -3.90. The summed E-state index contributed by atoms with van der Waals surface area (Å²) >= 11 is 0. The highest BCUT2D eigenvalue weighted by Crippen LogP contribution is 2.22. The van der Waals surface area contributed by atoms with Gasteiger partial charge < -0.3 is 18.9 Å². The molecular formula is C45H62O6. The average Bonchev–Trinajstić information content (AvgIpc) is 3.14. The summed E-state index contributed by atoms with van der Waals surface area (Å²) in [5, 5.41) is 0. The summed E-state index contributed by atoms with van der Waals surface area (Å²) in [6.07, 6.45) is 23.3. The van der Waals surface area contributed by atoms with Gasteiger partial charge >= 0.3 is 11.9 Å². The lowest BCUT2D eigenvalue weighted by atomic mass is 10.1. The van der Waals surface area contributed by atoms with Gasteiger partial charge in [0.15, 0.2) is 6.10 Å². The number of hydrogen-bond donors (Lipinski definition) is 0. The van der Waals surface area contributed by atoms with E-state index in [4.69, 9.17) is 18.9 Å². The summed E-state index contributed by atoms with van der Waals surface area (Å²) in [7, 11) is 0. The molecule has 0 aliphatic carbocycles. The molecule has 0 saturated heterocycles. The predicted octanol–water partition coefficient (Wildman–Crippen LogP) is 12.4. The van der Waals surface area contributed by atoms with E-state index in [1.807, 2.05) is 55.5 Å². The quantitative estimate of drug-likeness (QED) is 0.0360. The topological polar surface area (TPSA) is 71.1 Å². The van der Waals surface area contributed by atoms with Gasteiger partial charge in [-0.15, -0.1) is 0 Å². The van der Waals surface area contributed by atoms with Crippen molar-refractivity contribution >= 4 is 24.1 Å². The van der Waals surface area contributed by atoms with Gasteiger partial charge in [-0.3, -0.25) is 0 Å². The Bertz CT molecular complexity index is 1430. The molecule has 278 valence electrons. The van der Waals surface area contributed by atoms with Gasteiger partial charge in [0.25, 0.3) is 0 Å². The maximum atomic E-state index is 12.8. The SMILES string of the molecule is CCCCCCCCCCCCOC(C)C(=O)Oc1ccc(/C=C/c2ccc(OC(=O)c3ccc(OCCCCCCCC)c(C)c3)cc2)cc1. The number of carbonyl (C=O) groups excluding carboxylic acids is 2. The highest BCUT2D eigenvalue weighted by molar-refractivity contribution is 5.91. The van der Waals surface area contributed by atoms with Crippen LogP contribution >= 0.6 is 0 Å². The number of carbonyl (C=O) groups is 2. The Labute approximate surface area is 307 Å². The molecule has 0 aliphatic heterocycles. The number of aryl methyl sites for hydroxylation is 1. The fourth-order valence-corrected chi connectivity index (χ4v) is 5.77. The van der Waals surface area contributed by atoms with Crippen molar-refractivity contribution in [2.45, 2.75) is 137 Å². The first-order valence-corrected chi connectivity index (χ1v) is 19.6. The molecule has 0 fully saturated rings. The summed E-state index contributed by atoms with van der Waals surface area (Å²) in [5.74, 6) is 0.987. The Kier molecular flexibility index (Phi) is 20.4. The molecule has 51 heavy (non-hydrogen) atoms. The van der Waals surface area contributed by atoms with Crippen LogP contribution in [0.15, 0.2) is 66.7 Å². The van der Waals surface area contributed by atoms with Crippen LogP contribution in [-0.2, 0) is 9.53 Å². The van der Waals surface area contributed by atoms with Gasteiger partial charge in [-0.1, -0.05) is 140 Å². The minimum Gasteiger partial charge on any atom is -0.493 e. The van der Waals surface area contributed by atoms with Gasteiger partial charge in [0.05, 0.1) is 12.2 Å². The van der Waals surface area contributed by atoms with Crippen LogP contribution in [0.4, 0.5) is 0 Å². The van der Waals surface area contributed by atoms with Crippen LogP contribution in [0.1, 0.15) is 151 Å². The van der Waals surface area contributed by atoms with Crippen LogP contribution in [0.3, 0.4) is 0 Å². The average molecular weight is 699 g/mol. The second-order valence-electron chi connectivity index (χ2n) is 13.6. The van der Waals surface area contributed by atoms with Crippen molar-refractivity contribution in [3.8, 4) is 17.2 Å². The van der Waals surface area contributed by atoms with Gasteiger partial charge in [0.1, 0.15) is 17.2 Å². The minimum absolute atomic E-state index is 0.383. The molecule has 1 unspecified atom stereocenters. The maximum Gasteiger partial charge on any atom is 0.343 e. The van der Waals surface area contributed by atoms with Gasteiger partial charge in [0, 0.05) is 6.61 Å². The van der Waals surface area contributed by atoms with Gasteiger partial charge in [0.2, 0.25) is 0 Å². The largest absolute Gasteiger partial charge is 0.493 e. The number of rotatable bonds is 26. The van der Waals surface area contributed by atoms with E-state index in [0.29, 0.717) is 30.3 Å². The van der Waals surface area contributed by atoms with E-state index in [-0.39, 0.29) is 5.97 Å². The molecule has 3 aromatic carbocycles. The first-order valence-electron chi connectivity index (χ1n) is 19.6. The molecule has 0 saturated carbocycles. The molecule has 0 radical (unpaired) electrons. The zero-order valence-corrected chi connectivity index (χ0v) is 31.8. The van der Waals surface area contributed by atoms with Crippen molar-refractivity contribution in [2.24, 2.45) is 0 Å². The zero-order valence-electron chi connectivity index (χ0n) is 31.8. The van der Waals surface area contributed by atoms with Gasteiger partial charge in [-0.25, -0.2) is 9.59 Å². The Balaban J connectivity index is 1.34. The summed E-state index contributed by atoms with van der Waals surface area (Å²) in [6, 6.07) is 20.1. The van der Waals surface area contributed by atoms with E-state index in [9.17, 15) is 9.59 Å². The number of unbranched alkanes of at least 4 members (excludes halogenated alkanes) is 14. The van der Waals surface area contributed by atoms with Crippen molar-refractivity contribution in [1.82, 2.24) is 0 Å². The fraction of sp³-hybridized carbons (Fsp3) is 0.511. The smallest absolute Gasteiger partial charge is 0.343 e. The predicted molar refractivity (Wildman–Crippen MR) is 210 cm³/mol. The van der Waals surface area contributed by atoms with Gasteiger partial charge in [-0.05, 0) is 85.8 Å². The van der Waals surface area contributed by atoms with Crippen LogP contribution in [0.25, 0.3) is 12.2 Å². The molecule has 0 aliphatic rings. The molecule has 3 rings (SSSR count). The number of hydrogen-bond acceptors (Lipinski definition) is 6. The van der Waals surface area contributed by atoms with Crippen LogP contribution in [0, 0.1) is 6.92 Å². The summed E-state index contributed by atoms with van der Waals surface area (Å²) in [6.45, 7) is 9.43. The fourth-order valence-electron chi connectivity index (χ4n) is 5.77. The summed E-state index contributed by atoms with van der Waals surface area (Å²) in [5.41, 5.74) is 3.33. The van der Waals surface area contributed by atoms with E-state index in [0.717, 1.165) is 41.7 Å². The van der Waals surface area contributed by atoms with Crippen molar-refractivity contribution in [1.29, 1.82) is 0 Å². The second-order valence-corrected chi connectivity index (χ2v) is 13.6. The van der Waals surface area contributed by atoms with Crippen LogP contribution in [0.2, 0.25) is 0 Å². The lowest BCUT2D eigenvalue weighted by Crippen LogP contribution is -2.26. The molecule has 0 N–H and O–H groups in total. The Morgan fingerprint density at radius 3 is 1.57 bits per heavy atom. The first-order chi connectivity index (χ1) is 24.9. The maximum absolute atomic E-state index is 12.8. The Morgan fingerprint density at radius 2 is 1.06 bits per heavy atom. The first kappa shape index (κ1) is 41.5. The number of esters is 2. The molecule has 0 amide bonds. The van der Waals surface area contributed by atoms with Crippen LogP contribution in [0.5, 0.6) is 17.2 Å². The monoisotopic (exact) mass is 698 g/mol. The highest BCUT2D eigenvalue weighted by Gasteiger charge is 2.16. The summed E-state index contributed by atoms with van der Waals surface area (Å²) < 4.78 is 22.8. The summed E-state index contributed by atoms with van der Waals surface area (Å²) in [4.78, 5) is 25.3. The number of ether oxygens (including phenoxy) is 4. The zero-order chi connectivity index (χ0) is 36.5. The number of benzene rings is 3. The van der Waals surface area contributed by atoms with E-state index in [1.165, 1.54) is 83.5 Å². The van der Waals surface area contributed by atoms with E-state index in [1.54, 1.807) is 37.3 Å². The van der Waals surface area contributed by atoms with Gasteiger partial charge in [-0.2, -0.15) is 0 Å². The van der Waals surface area contributed by atoms with Crippen molar-refractivity contribution in [2.75, 3.05) is 13.2 Å². The standard InChI is InChI=1S/C45H62O6/c1-5-7-9-11-13-14-15-16-18-19-33-48-37(4)44(46)50-41-28-23-38(24-29-41)21-22-39-25-30-42(31-26-39)51-45(47)40-27-32-43(36(3)35-40)49-34-20-17-12-10-8-6-2/h21-32,35,37H,5-20,33-34H2,1-4H3/b22-21+. The van der Waals surface area contributed by atoms with Crippen molar-refractivity contribution in [3.63, 3.8) is 0 Å². The third-order valence-electron chi connectivity index (χ3n) is 9.02. The molecule has 0 bridgehead atoms. The molecule has 6 nitrogen and oxygen atoms in total. The highest BCUT2D eigenvalue weighted by atomic mass is 16.6. The van der Waals surface area contributed by atoms with E-state index in [2.05, 4.69) is 13.8 Å². The normalized spacial score (nSPS) is 11.8. The van der Waals surface area contributed by atoms with Crippen molar-refractivity contribution in [3.05, 3.63) is 89.0 Å². The molecule has 1 atom stereocenters. The molecule has 0 spiro atoms. The van der Waals surface area contributed by atoms with E-state index < -0.39 is 12.1 Å². The molecule has 0 aromatic heterocycles. The lowest BCUT2D eigenvalue weighted by Gasteiger charge is -2.12. The molecule has 0 heterocycles. The molecule has 6 heteroatoms.